The largest absolute Gasteiger partial charge is 0.356 e. The van der Waals surface area contributed by atoms with Crippen LogP contribution in [0.5, 0.6) is 0 Å². The lowest BCUT2D eigenvalue weighted by Crippen LogP contribution is -2.55. The van der Waals surface area contributed by atoms with Gasteiger partial charge in [0.25, 0.3) is 0 Å². The number of hydrogen-bond donors (Lipinski definition) is 2. The Labute approximate surface area is 116 Å². The molecule has 2 bridgehead atoms. The van der Waals surface area contributed by atoms with Gasteiger partial charge in [0, 0.05) is 12.5 Å². The van der Waals surface area contributed by atoms with Gasteiger partial charge in [0.1, 0.15) is 0 Å². The van der Waals surface area contributed by atoms with Gasteiger partial charge in [-0.25, -0.2) is 0 Å². The van der Waals surface area contributed by atoms with E-state index in [1.807, 2.05) is 0 Å². The van der Waals surface area contributed by atoms with Crippen LogP contribution in [-0.4, -0.2) is 25.5 Å². The Balaban J connectivity index is 1.48. The smallest absolute Gasteiger partial charge is 0.223 e. The molecule has 0 aromatic rings. The Kier molecular flexibility index (Phi) is 3.59. The molecule has 4 rings (SSSR count). The van der Waals surface area contributed by atoms with Crippen LogP contribution in [0.2, 0.25) is 0 Å². The zero-order chi connectivity index (χ0) is 13.5. The molecule has 1 amide bonds. The van der Waals surface area contributed by atoms with Crippen LogP contribution in [-0.2, 0) is 4.79 Å². The molecule has 3 aliphatic carbocycles. The second kappa shape index (κ2) is 5.08. The standard InChI is InChI=1S/C16H28N2O/c1-16(2)13-4-3-12(14(16)9-13)10-18-15(19)11-5-7-17-8-6-11/h11-14,17H,3-10H2,1-2H3,(H,18,19)/t12-,13-,14-/m0/s1. The Bertz CT molecular complexity index is 345. The molecule has 4 fully saturated rings. The molecule has 0 aromatic heterocycles. The molecule has 0 spiro atoms. The normalized spacial score (nSPS) is 37.5. The minimum absolute atomic E-state index is 0.256. The number of hydrogen-bond acceptors (Lipinski definition) is 2. The summed E-state index contributed by atoms with van der Waals surface area (Å²) < 4.78 is 0. The molecule has 1 saturated heterocycles. The van der Waals surface area contributed by atoms with E-state index < -0.39 is 0 Å². The summed E-state index contributed by atoms with van der Waals surface area (Å²) in [7, 11) is 0. The quantitative estimate of drug-likeness (QED) is 0.820. The van der Waals surface area contributed by atoms with Crippen molar-refractivity contribution in [3.05, 3.63) is 0 Å². The number of carbonyl (C=O) groups is 1. The van der Waals surface area contributed by atoms with Crippen LogP contribution in [0.15, 0.2) is 0 Å². The number of amides is 1. The third-order valence-electron chi connectivity index (χ3n) is 6.25. The minimum atomic E-state index is 0.256. The fourth-order valence-electron chi connectivity index (χ4n) is 4.67. The van der Waals surface area contributed by atoms with Gasteiger partial charge in [0.2, 0.25) is 5.91 Å². The number of fused-ring (bicyclic) bond motifs is 2. The summed E-state index contributed by atoms with van der Waals surface area (Å²) in [5.41, 5.74) is 0.530. The Morgan fingerprint density at radius 1 is 1.21 bits per heavy atom. The Hall–Kier alpha value is -0.570. The van der Waals surface area contributed by atoms with E-state index in [0.29, 0.717) is 11.3 Å². The van der Waals surface area contributed by atoms with Crippen LogP contribution in [0.4, 0.5) is 0 Å². The molecule has 4 aliphatic rings. The van der Waals surface area contributed by atoms with Gasteiger partial charge >= 0.3 is 0 Å². The van der Waals surface area contributed by atoms with Crippen molar-refractivity contribution in [2.45, 2.75) is 46.0 Å². The van der Waals surface area contributed by atoms with Gasteiger partial charge in [-0.05, 0) is 68.4 Å². The van der Waals surface area contributed by atoms with Crippen LogP contribution >= 0.6 is 0 Å². The molecule has 3 saturated carbocycles. The molecule has 19 heavy (non-hydrogen) atoms. The van der Waals surface area contributed by atoms with Gasteiger partial charge in [0.15, 0.2) is 0 Å². The van der Waals surface area contributed by atoms with Crippen molar-refractivity contribution in [2.24, 2.45) is 29.1 Å². The molecule has 0 unspecified atom stereocenters. The number of piperidine rings is 1. The first-order valence-corrected chi connectivity index (χ1v) is 8.07. The van der Waals surface area contributed by atoms with Gasteiger partial charge in [-0.2, -0.15) is 0 Å². The van der Waals surface area contributed by atoms with Crippen LogP contribution < -0.4 is 10.6 Å². The average Bonchev–Trinajstić information content (AvgIpc) is 2.45. The van der Waals surface area contributed by atoms with Crippen molar-refractivity contribution in [3.8, 4) is 0 Å². The SMILES string of the molecule is CC1(C)[C@H]2CC[C@@H](CNC(=O)C3CCNCC3)[C@@H]1C2. The van der Waals surface area contributed by atoms with E-state index in [4.69, 9.17) is 0 Å². The summed E-state index contributed by atoms with van der Waals surface area (Å²) in [5, 5.41) is 6.57. The number of rotatable bonds is 3. The second-order valence-electron chi connectivity index (χ2n) is 7.47. The number of carbonyl (C=O) groups excluding carboxylic acids is 1. The van der Waals surface area contributed by atoms with Crippen LogP contribution in [0.1, 0.15) is 46.0 Å². The third kappa shape index (κ3) is 2.42. The van der Waals surface area contributed by atoms with Crippen molar-refractivity contribution in [3.63, 3.8) is 0 Å². The highest BCUT2D eigenvalue weighted by molar-refractivity contribution is 5.78. The van der Waals surface area contributed by atoms with Crippen LogP contribution in [0.25, 0.3) is 0 Å². The van der Waals surface area contributed by atoms with Gasteiger partial charge in [0.05, 0.1) is 0 Å². The van der Waals surface area contributed by atoms with Crippen LogP contribution in [0.3, 0.4) is 0 Å². The van der Waals surface area contributed by atoms with Crippen molar-refractivity contribution < 1.29 is 4.79 Å². The summed E-state index contributed by atoms with van der Waals surface area (Å²) in [5.74, 6) is 3.09. The van der Waals surface area contributed by atoms with Crippen molar-refractivity contribution in [1.29, 1.82) is 0 Å². The highest BCUT2D eigenvalue weighted by atomic mass is 16.1. The van der Waals surface area contributed by atoms with Crippen molar-refractivity contribution >= 4 is 5.91 Å². The monoisotopic (exact) mass is 264 g/mol. The molecule has 0 aromatic carbocycles. The second-order valence-corrected chi connectivity index (χ2v) is 7.47. The predicted molar refractivity (Wildman–Crippen MR) is 76.7 cm³/mol. The highest BCUT2D eigenvalue weighted by Gasteiger charge is 2.53. The lowest BCUT2D eigenvalue weighted by Gasteiger charge is -2.60. The number of nitrogens with one attached hydrogen (secondary N) is 2. The Morgan fingerprint density at radius 3 is 2.58 bits per heavy atom. The first kappa shape index (κ1) is 13.4. The first-order valence-electron chi connectivity index (χ1n) is 8.07. The zero-order valence-corrected chi connectivity index (χ0v) is 12.4. The molecule has 3 atom stereocenters. The molecule has 0 radical (unpaired) electrons. The molecule has 1 aliphatic heterocycles. The average molecular weight is 264 g/mol. The summed E-state index contributed by atoms with van der Waals surface area (Å²) in [6, 6.07) is 0. The van der Waals surface area contributed by atoms with E-state index in [1.54, 1.807) is 0 Å². The molecule has 2 N–H and O–H groups in total. The summed E-state index contributed by atoms with van der Waals surface area (Å²) >= 11 is 0. The molecular weight excluding hydrogens is 236 g/mol. The zero-order valence-electron chi connectivity index (χ0n) is 12.4. The van der Waals surface area contributed by atoms with Gasteiger partial charge < -0.3 is 10.6 Å². The van der Waals surface area contributed by atoms with E-state index in [-0.39, 0.29) is 5.92 Å². The van der Waals surface area contributed by atoms with Crippen molar-refractivity contribution in [1.82, 2.24) is 10.6 Å². The summed E-state index contributed by atoms with van der Waals surface area (Å²) in [6.07, 6.45) is 6.12. The maximum absolute atomic E-state index is 12.2. The molecule has 3 nitrogen and oxygen atoms in total. The maximum atomic E-state index is 12.2. The predicted octanol–water partition coefficient (Wildman–Crippen LogP) is 2.17. The van der Waals surface area contributed by atoms with E-state index in [9.17, 15) is 4.79 Å². The van der Waals surface area contributed by atoms with E-state index in [2.05, 4.69) is 24.5 Å². The van der Waals surface area contributed by atoms with Gasteiger partial charge in [-0.3, -0.25) is 4.79 Å². The highest BCUT2D eigenvalue weighted by Crippen LogP contribution is 2.61. The van der Waals surface area contributed by atoms with Gasteiger partial charge in [-0.1, -0.05) is 13.8 Å². The maximum Gasteiger partial charge on any atom is 0.223 e. The fraction of sp³-hybridized carbons (Fsp3) is 0.938. The van der Waals surface area contributed by atoms with E-state index in [1.165, 1.54) is 19.3 Å². The Morgan fingerprint density at radius 2 is 1.95 bits per heavy atom. The van der Waals surface area contributed by atoms with E-state index >= 15 is 0 Å². The molecule has 1 heterocycles. The fourth-order valence-corrected chi connectivity index (χ4v) is 4.67. The molecule has 108 valence electrons. The molecule has 3 heteroatoms. The summed E-state index contributed by atoms with van der Waals surface area (Å²) in [4.78, 5) is 12.2. The lowest BCUT2D eigenvalue weighted by molar-refractivity contribution is -0.129. The van der Waals surface area contributed by atoms with E-state index in [0.717, 1.165) is 50.2 Å². The van der Waals surface area contributed by atoms with Gasteiger partial charge in [-0.15, -0.1) is 0 Å². The minimum Gasteiger partial charge on any atom is -0.356 e. The summed E-state index contributed by atoms with van der Waals surface area (Å²) in [6.45, 7) is 7.76. The lowest BCUT2D eigenvalue weighted by atomic mass is 9.45. The topological polar surface area (TPSA) is 41.1 Å². The molecular formula is C16H28N2O. The van der Waals surface area contributed by atoms with Crippen LogP contribution in [0, 0.1) is 29.1 Å². The van der Waals surface area contributed by atoms with Crippen molar-refractivity contribution in [2.75, 3.05) is 19.6 Å². The third-order valence-corrected chi connectivity index (χ3v) is 6.25. The first-order chi connectivity index (χ1) is 9.09.